The lowest BCUT2D eigenvalue weighted by atomic mass is 10.2. The maximum absolute atomic E-state index is 13.6. The van der Waals surface area contributed by atoms with E-state index < -0.39 is 0 Å². The first-order valence-electron chi connectivity index (χ1n) is 6.17. The second-order valence-corrected chi connectivity index (χ2v) is 6.22. The van der Waals surface area contributed by atoms with Gasteiger partial charge in [-0.25, -0.2) is 9.37 Å². The number of thioether (sulfide) groups is 1. The third-order valence-electron chi connectivity index (χ3n) is 2.94. The third kappa shape index (κ3) is 2.91. The van der Waals surface area contributed by atoms with Crippen molar-refractivity contribution in [1.82, 2.24) is 4.98 Å². The minimum Gasteiger partial charge on any atom is -0.320 e. The topological polar surface area (TPSA) is 42.0 Å². The molecule has 106 valence electrons. The predicted octanol–water partition coefficient (Wildman–Crippen LogP) is 4.41. The number of carbonyl (C=O) groups is 1. The number of anilines is 1. The minimum absolute atomic E-state index is 0.255. The molecule has 0 aliphatic carbocycles. The molecule has 3 nitrogen and oxygen atoms in total. The molecular weight excluding hydrogens is 307 g/mol. The zero-order valence-corrected chi connectivity index (χ0v) is 12.7. The van der Waals surface area contributed by atoms with Gasteiger partial charge in [-0.15, -0.1) is 23.1 Å². The molecule has 0 fully saturated rings. The van der Waals surface area contributed by atoms with Gasteiger partial charge in [0.1, 0.15) is 5.82 Å². The van der Waals surface area contributed by atoms with Gasteiger partial charge in [-0.05, 0) is 36.6 Å². The summed E-state index contributed by atoms with van der Waals surface area (Å²) in [6, 6.07) is 10.0. The number of amides is 1. The summed E-state index contributed by atoms with van der Waals surface area (Å²) < 4.78 is 14.4. The third-order valence-corrected chi connectivity index (χ3v) is 4.69. The molecule has 2 heterocycles. The Labute approximate surface area is 129 Å². The Morgan fingerprint density at radius 1 is 1.33 bits per heavy atom. The Bertz CT molecular complexity index is 799. The van der Waals surface area contributed by atoms with Crippen LogP contribution in [0.5, 0.6) is 0 Å². The summed E-state index contributed by atoms with van der Waals surface area (Å²) in [4.78, 5) is 16.9. The molecule has 21 heavy (non-hydrogen) atoms. The van der Waals surface area contributed by atoms with E-state index in [0.717, 1.165) is 9.73 Å². The van der Waals surface area contributed by atoms with Crippen LogP contribution >= 0.6 is 23.1 Å². The van der Waals surface area contributed by atoms with E-state index in [1.807, 2.05) is 12.3 Å². The highest BCUT2D eigenvalue weighted by atomic mass is 32.2. The predicted molar refractivity (Wildman–Crippen MR) is 85.8 cm³/mol. The van der Waals surface area contributed by atoms with Crippen molar-refractivity contribution in [2.24, 2.45) is 0 Å². The Morgan fingerprint density at radius 2 is 2.19 bits per heavy atom. The number of fused-ring (bicyclic) bond motifs is 1. The number of rotatable bonds is 3. The number of halogens is 1. The molecule has 3 aromatic rings. The van der Waals surface area contributed by atoms with E-state index in [2.05, 4.69) is 10.3 Å². The summed E-state index contributed by atoms with van der Waals surface area (Å²) >= 11 is 2.80. The van der Waals surface area contributed by atoms with Gasteiger partial charge in [-0.3, -0.25) is 4.79 Å². The van der Waals surface area contributed by atoms with Crippen molar-refractivity contribution < 1.29 is 9.18 Å². The van der Waals surface area contributed by atoms with Crippen LogP contribution in [0.4, 0.5) is 10.1 Å². The number of nitrogens with zero attached hydrogens (tertiary/aromatic N) is 1. The number of benzene rings is 1. The van der Waals surface area contributed by atoms with E-state index in [1.165, 1.54) is 29.2 Å². The quantitative estimate of drug-likeness (QED) is 0.727. The summed E-state index contributed by atoms with van der Waals surface area (Å²) in [5.41, 5.74) is 0.621. The zero-order chi connectivity index (χ0) is 14.8. The smallest absolute Gasteiger partial charge is 0.265 e. The SMILES string of the molecule is CSc1ccc(NC(=O)c2cc3c(F)cccc3s2)cn1. The molecule has 0 saturated carbocycles. The molecule has 0 saturated heterocycles. The molecule has 6 heteroatoms. The zero-order valence-electron chi connectivity index (χ0n) is 11.1. The molecule has 0 aliphatic rings. The maximum atomic E-state index is 13.6. The number of hydrogen-bond acceptors (Lipinski definition) is 4. The van der Waals surface area contributed by atoms with Gasteiger partial charge in [0.15, 0.2) is 0 Å². The van der Waals surface area contributed by atoms with E-state index in [-0.39, 0.29) is 11.7 Å². The van der Waals surface area contributed by atoms with Crippen LogP contribution in [-0.4, -0.2) is 17.1 Å². The molecule has 2 aromatic heterocycles. The number of carbonyl (C=O) groups excluding carboxylic acids is 1. The van der Waals surface area contributed by atoms with Crippen molar-refractivity contribution in [2.45, 2.75) is 5.03 Å². The van der Waals surface area contributed by atoms with E-state index in [4.69, 9.17) is 0 Å². The monoisotopic (exact) mass is 318 g/mol. The fourth-order valence-electron chi connectivity index (χ4n) is 1.90. The average molecular weight is 318 g/mol. The number of hydrogen-bond donors (Lipinski definition) is 1. The fourth-order valence-corrected chi connectivity index (χ4v) is 3.24. The van der Waals surface area contributed by atoms with Crippen LogP contribution in [0.2, 0.25) is 0 Å². The first-order chi connectivity index (χ1) is 10.2. The summed E-state index contributed by atoms with van der Waals surface area (Å²) in [5.74, 6) is -0.567. The molecule has 0 atom stereocenters. The molecule has 3 rings (SSSR count). The number of nitrogens with one attached hydrogen (secondary N) is 1. The Balaban J connectivity index is 1.84. The molecule has 0 bridgehead atoms. The number of aromatic nitrogens is 1. The average Bonchev–Trinajstić information content (AvgIpc) is 2.94. The fraction of sp³-hybridized carbons (Fsp3) is 0.0667. The van der Waals surface area contributed by atoms with Crippen molar-refractivity contribution in [3.8, 4) is 0 Å². The van der Waals surface area contributed by atoms with Crippen molar-refractivity contribution in [1.29, 1.82) is 0 Å². The molecule has 1 aromatic carbocycles. The van der Waals surface area contributed by atoms with Crippen molar-refractivity contribution in [2.75, 3.05) is 11.6 Å². The minimum atomic E-state index is -0.311. The van der Waals surface area contributed by atoms with Gasteiger partial charge in [0, 0.05) is 10.1 Å². The van der Waals surface area contributed by atoms with Gasteiger partial charge in [-0.2, -0.15) is 0 Å². The molecule has 0 unspecified atom stereocenters. The van der Waals surface area contributed by atoms with Gasteiger partial charge in [0.2, 0.25) is 0 Å². The highest BCUT2D eigenvalue weighted by Crippen LogP contribution is 2.28. The van der Waals surface area contributed by atoms with Crippen LogP contribution in [0.25, 0.3) is 10.1 Å². The second kappa shape index (κ2) is 5.83. The molecule has 0 spiro atoms. The first-order valence-corrected chi connectivity index (χ1v) is 8.21. The molecule has 1 amide bonds. The number of pyridine rings is 1. The molecule has 0 aliphatic heterocycles. The van der Waals surface area contributed by atoms with Crippen molar-refractivity contribution in [3.63, 3.8) is 0 Å². The number of thiophene rings is 1. The Morgan fingerprint density at radius 3 is 2.86 bits per heavy atom. The van der Waals surface area contributed by atoms with Crippen molar-refractivity contribution in [3.05, 3.63) is 53.3 Å². The first kappa shape index (κ1) is 14.0. The lowest BCUT2D eigenvalue weighted by molar-refractivity contribution is 0.103. The van der Waals surface area contributed by atoms with Crippen LogP contribution in [0.15, 0.2) is 47.6 Å². The summed E-state index contributed by atoms with van der Waals surface area (Å²) in [6.07, 6.45) is 3.55. The summed E-state index contributed by atoms with van der Waals surface area (Å²) in [7, 11) is 0. The lowest BCUT2D eigenvalue weighted by Gasteiger charge is -2.03. The second-order valence-electron chi connectivity index (χ2n) is 4.31. The van der Waals surface area contributed by atoms with Crippen LogP contribution in [0, 0.1) is 5.82 Å². The van der Waals surface area contributed by atoms with E-state index >= 15 is 0 Å². The summed E-state index contributed by atoms with van der Waals surface area (Å²) in [6.45, 7) is 0. The molecule has 0 radical (unpaired) electrons. The van der Waals surface area contributed by atoms with E-state index in [1.54, 1.807) is 30.5 Å². The maximum Gasteiger partial charge on any atom is 0.265 e. The Hall–Kier alpha value is -1.92. The lowest BCUT2D eigenvalue weighted by Crippen LogP contribution is -2.10. The van der Waals surface area contributed by atoms with E-state index in [9.17, 15) is 9.18 Å². The largest absolute Gasteiger partial charge is 0.320 e. The highest BCUT2D eigenvalue weighted by Gasteiger charge is 2.12. The summed E-state index contributed by atoms with van der Waals surface area (Å²) in [5, 5.41) is 4.13. The van der Waals surface area contributed by atoms with Crippen LogP contribution in [0.1, 0.15) is 9.67 Å². The highest BCUT2D eigenvalue weighted by molar-refractivity contribution is 7.98. The van der Waals surface area contributed by atoms with Crippen LogP contribution in [0.3, 0.4) is 0 Å². The standard InChI is InChI=1S/C15H11FN2OS2/c1-20-14-6-5-9(8-17-14)18-15(19)13-7-10-11(16)3-2-4-12(10)21-13/h2-8H,1H3,(H,18,19). The van der Waals surface area contributed by atoms with E-state index in [0.29, 0.717) is 16.0 Å². The van der Waals surface area contributed by atoms with Crippen LogP contribution in [-0.2, 0) is 0 Å². The van der Waals surface area contributed by atoms with Gasteiger partial charge >= 0.3 is 0 Å². The van der Waals surface area contributed by atoms with Crippen LogP contribution < -0.4 is 5.32 Å². The molecule has 1 N–H and O–H groups in total. The van der Waals surface area contributed by atoms with Gasteiger partial charge < -0.3 is 5.32 Å². The molecular formula is C15H11FN2OS2. The van der Waals surface area contributed by atoms with Gasteiger partial charge in [0.05, 0.1) is 21.8 Å². The Kier molecular flexibility index (Phi) is 3.90. The van der Waals surface area contributed by atoms with Gasteiger partial charge in [0.25, 0.3) is 5.91 Å². The van der Waals surface area contributed by atoms with Crippen molar-refractivity contribution >= 4 is 44.8 Å². The van der Waals surface area contributed by atoms with Gasteiger partial charge in [-0.1, -0.05) is 6.07 Å². The normalized spacial score (nSPS) is 10.8.